The van der Waals surface area contributed by atoms with Gasteiger partial charge in [0, 0.05) is 38.4 Å². The summed E-state index contributed by atoms with van der Waals surface area (Å²) in [6.45, 7) is 6.38. The number of hydrogen-bond donors (Lipinski definition) is 1. The zero-order valence-corrected chi connectivity index (χ0v) is 16.7. The van der Waals surface area contributed by atoms with E-state index in [-0.39, 0.29) is 5.91 Å². The van der Waals surface area contributed by atoms with Crippen LogP contribution < -0.4 is 19.9 Å². The van der Waals surface area contributed by atoms with Crippen molar-refractivity contribution in [2.24, 2.45) is 0 Å². The lowest BCUT2D eigenvalue weighted by atomic mass is 10.2. The van der Waals surface area contributed by atoms with Crippen LogP contribution in [0, 0.1) is 0 Å². The monoisotopic (exact) mass is 383 g/mol. The summed E-state index contributed by atoms with van der Waals surface area (Å²) >= 11 is 0. The first kappa shape index (κ1) is 19.9. The molecule has 150 valence electrons. The van der Waals surface area contributed by atoms with Crippen LogP contribution in [0.2, 0.25) is 0 Å². The Morgan fingerprint density at radius 3 is 2.32 bits per heavy atom. The van der Waals surface area contributed by atoms with Gasteiger partial charge in [0.05, 0.1) is 7.11 Å². The van der Waals surface area contributed by atoms with Crippen LogP contribution in [0.1, 0.15) is 36.7 Å². The first-order chi connectivity index (χ1) is 13.7. The van der Waals surface area contributed by atoms with Crippen molar-refractivity contribution in [3.63, 3.8) is 0 Å². The third-order valence-corrected chi connectivity index (χ3v) is 4.99. The van der Waals surface area contributed by atoms with Crippen LogP contribution in [0.5, 0.6) is 5.75 Å². The minimum Gasteiger partial charge on any atom is -0.497 e. The number of carbonyl (C=O) groups is 1. The Labute approximate surface area is 166 Å². The van der Waals surface area contributed by atoms with Gasteiger partial charge in [-0.15, -0.1) is 10.2 Å². The molecule has 1 fully saturated rings. The quantitative estimate of drug-likeness (QED) is 0.707. The van der Waals surface area contributed by atoms with Gasteiger partial charge in [-0.2, -0.15) is 0 Å². The topological polar surface area (TPSA) is 70.6 Å². The third kappa shape index (κ3) is 5.12. The van der Waals surface area contributed by atoms with Crippen LogP contribution in [-0.2, 0) is 0 Å². The number of amides is 1. The summed E-state index contributed by atoms with van der Waals surface area (Å²) < 4.78 is 5.22. The second-order valence-corrected chi connectivity index (χ2v) is 6.91. The van der Waals surface area contributed by atoms with E-state index in [4.69, 9.17) is 4.74 Å². The Balaban J connectivity index is 1.50. The van der Waals surface area contributed by atoms with E-state index in [0.29, 0.717) is 12.2 Å². The largest absolute Gasteiger partial charge is 0.497 e. The maximum Gasteiger partial charge on any atom is 0.271 e. The van der Waals surface area contributed by atoms with Crippen molar-refractivity contribution in [1.29, 1.82) is 0 Å². The number of piperazine rings is 1. The summed E-state index contributed by atoms with van der Waals surface area (Å²) in [4.78, 5) is 16.7. The van der Waals surface area contributed by atoms with E-state index in [9.17, 15) is 4.79 Å². The molecule has 3 rings (SSSR count). The predicted octanol–water partition coefficient (Wildman–Crippen LogP) is 2.73. The number of unbranched alkanes of at least 4 members (excludes halogenated alkanes) is 2. The van der Waals surface area contributed by atoms with Crippen LogP contribution in [-0.4, -0.2) is 55.9 Å². The molecule has 0 saturated carbocycles. The minimum absolute atomic E-state index is 0.153. The highest BCUT2D eigenvalue weighted by molar-refractivity contribution is 5.92. The van der Waals surface area contributed by atoms with Gasteiger partial charge in [0.1, 0.15) is 5.75 Å². The van der Waals surface area contributed by atoms with Crippen LogP contribution in [0.3, 0.4) is 0 Å². The van der Waals surface area contributed by atoms with E-state index in [0.717, 1.165) is 57.0 Å². The summed E-state index contributed by atoms with van der Waals surface area (Å²) in [7, 11) is 1.68. The number of carbonyl (C=O) groups excluding carboxylic acids is 1. The smallest absolute Gasteiger partial charge is 0.271 e. The van der Waals surface area contributed by atoms with Crippen molar-refractivity contribution in [3.05, 3.63) is 42.1 Å². The standard InChI is InChI=1S/C21H29N5O2/c1-3-4-5-12-22-21(27)19-10-11-20(24-23-19)26-15-13-25(14-16-26)17-6-8-18(28-2)9-7-17/h6-11H,3-5,12-16H2,1-2H3,(H,22,27). The predicted molar refractivity (Wildman–Crippen MR) is 111 cm³/mol. The van der Waals surface area contributed by atoms with Crippen molar-refractivity contribution in [3.8, 4) is 5.75 Å². The van der Waals surface area contributed by atoms with Crippen LogP contribution in [0.15, 0.2) is 36.4 Å². The molecule has 1 aliphatic heterocycles. The number of hydrogen-bond acceptors (Lipinski definition) is 6. The van der Waals surface area contributed by atoms with Crippen LogP contribution in [0.4, 0.5) is 11.5 Å². The van der Waals surface area contributed by atoms with E-state index in [2.05, 4.69) is 44.4 Å². The van der Waals surface area contributed by atoms with Gasteiger partial charge in [0.2, 0.25) is 0 Å². The summed E-state index contributed by atoms with van der Waals surface area (Å²) in [5.41, 5.74) is 1.57. The molecule has 1 aliphatic rings. The molecular formula is C21H29N5O2. The molecule has 1 saturated heterocycles. The first-order valence-corrected chi connectivity index (χ1v) is 9.97. The van der Waals surface area contributed by atoms with Crippen LogP contribution >= 0.6 is 0 Å². The molecule has 0 bridgehead atoms. The molecule has 1 N–H and O–H groups in total. The van der Waals surface area contributed by atoms with Crippen LogP contribution in [0.25, 0.3) is 0 Å². The van der Waals surface area contributed by atoms with Crippen molar-refractivity contribution >= 4 is 17.4 Å². The van der Waals surface area contributed by atoms with Gasteiger partial charge in [-0.3, -0.25) is 4.79 Å². The fourth-order valence-corrected chi connectivity index (χ4v) is 3.27. The summed E-state index contributed by atoms with van der Waals surface area (Å²) in [6, 6.07) is 11.8. The Morgan fingerprint density at radius 2 is 1.71 bits per heavy atom. The van der Waals surface area contributed by atoms with Crippen molar-refractivity contribution < 1.29 is 9.53 Å². The normalized spacial score (nSPS) is 14.1. The average molecular weight is 383 g/mol. The van der Waals surface area contributed by atoms with Gasteiger partial charge in [-0.1, -0.05) is 19.8 Å². The van der Waals surface area contributed by atoms with Gasteiger partial charge in [-0.05, 0) is 42.8 Å². The van der Waals surface area contributed by atoms with Gasteiger partial charge in [0.25, 0.3) is 5.91 Å². The van der Waals surface area contributed by atoms with Gasteiger partial charge < -0.3 is 19.9 Å². The fourth-order valence-electron chi connectivity index (χ4n) is 3.27. The number of ether oxygens (including phenoxy) is 1. The average Bonchev–Trinajstić information content (AvgIpc) is 2.77. The Morgan fingerprint density at radius 1 is 1.00 bits per heavy atom. The lowest BCUT2D eigenvalue weighted by Gasteiger charge is -2.36. The zero-order chi connectivity index (χ0) is 19.8. The number of nitrogens with zero attached hydrogens (tertiary/aromatic N) is 4. The Hall–Kier alpha value is -2.83. The van der Waals surface area contributed by atoms with Crippen molar-refractivity contribution in [2.75, 3.05) is 49.6 Å². The molecule has 0 spiro atoms. The number of nitrogens with one attached hydrogen (secondary N) is 1. The highest BCUT2D eigenvalue weighted by atomic mass is 16.5. The second-order valence-electron chi connectivity index (χ2n) is 6.91. The molecule has 1 aromatic heterocycles. The summed E-state index contributed by atoms with van der Waals surface area (Å²) in [5.74, 6) is 1.53. The molecule has 7 heteroatoms. The van der Waals surface area contributed by atoms with Gasteiger partial charge >= 0.3 is 0 Å². The third-order valence-electron chi connectivity index (χ3n) is 4.99. The molecule has 1 amide bonds. The highest BCUT2D eigenvalue weighted by Crippen LogP contribution is 2.21. The number of anilines is 2. The minimum atomic E-state index is -0.153. The molecule has 2 aromatic rings. The number of methoxy groups -OCH3 is 1. The SMILES string of the molecule is CCCCCNC(=O)c1ccc(N2CCN(c3ccc(OC)cc3)CC2)nn1. The van der Waals surface area contributed by atoms with E-state index >= 15 is 0 Å². The summed E-state index contributed by atoms with van der Waals surface area (Å²) in [5, 5.41) is 11.3. The van der Waals surface area contributed by atoms with E-state index in [1.165, 1.54) is 5.69 Å². The van der Waals surface area contributed by atoms with Crippen molar-refractivity contribution in [1.82, 2.24) is 15.5 Å². The summed E-state index contributed by atoms with van der Waals surface area (Å²) in [6.07, 6.45) is 3.25. The molecule has 0 radical (unpaired) electrons. The van der Waals surface area contributed by atoms with Crippen molar-refractivity contribution in [2.45, 2.75) is 26.2 Å². The maximum absolute atomic E-state index is 12.1. The molecule has 28 heavy (non-hydrogen) atoms. The van der Waals surface area contributed by atoms with E-state index in [1.54, 1.807) is 13.2 Å². The van der Waals surface area contributed by atoms with Gasteiger partial charge in [-0.25, -0.2) is 0 Å². The highest BCUT2D eigenvalue weighted by Gasteiger charge is 2.19. The second kappa shape index (κ2) is 9.92. The number of benzene rings is 1. The Kier molecular flexibility index (Phi) is 7.06. The molecule has 1 aromatic carbocycles. The Bertz CT molecular complexity index is 740. The lowest BCUT2D eigenvalue weighted by Crippen LogP contribution is -2.46. The molecule has 0 atom stereocenters. The van der Waals surface area contributed by atoms with Gasteiger partial charge in [0.15, 0.2) is 11.5 Å². The lowest BCUT2D eigenvalue weighted by molar-refractivity contribution is 0.0947. The maximum atomic E-state index is 12.1. The molecule has 7 nitrogen and oxygen atoms in total. The fraction of sp³-hybridized carbons (Fsp3) is 0.476. The number of rotatable bonds is 8. The molecule has 0 aliphatic carbocycles. The molecule has 0 unspecified atom stereocenters. The number of aromatic nitrogens is 2. The van der Waals surface area contributed by atoms with E-state index < -0.39 is 0 Å². The zero-order valence-electron chi connectivity index (χ0n) is 16.7. The first-order valence-electron chi connectivity index (χ1n) is 9.97. The molecular weight excluding hydrogens is 354 g/mol. The van der Waals surface area contributed by atoms with E-state index in [1.807, 2.05) is 18.2 Å². The molecule has 2 heterocycles.